The molecule has 0 atom stereocenters. The first kappa shape index (κ1) is 46.8. The number of fused-ring (bicyclic) bond motifs is 2. The zero-order valence-corrected chi connectivity index (χ0v) is 42.4. The maximum Gasteiger partial charge on any atom is 0.0991 e. The second-order valence-corrected chi connectivity index (χ2v) is 19.2. The number of hydrogen-bond acceptors (Lipinski definition) is 4. The van der Waals surface area contributed by atoms with Crippen molar-refractivity contribution in [2.45, 2.75) is 0 Å². The van der Waals surface area contributed by atoms with Crippen LogP contribution in [0.25, 0.3) is 77.9 Å². The average molecular weight is 997 g/mol. The zero-order valence-electron chi connectivity index (χ0n) is 42.4. The summed E-state index contributed by atoms with van der Waals surface area (Å²) in [6, 6.07) is 106. The van der Waals surface area contributed by atoms with Crippen LogP contribution in [0, 0.1) is 22.7 Å². The van der Waals surface area contributed by atoms with Gasteiger partial charge in [0.1, 0.15) is 0 Å². The van der Waals surface area contributed by atoms with E-state index in [-0.39, 0.29) is 0 Å². The van der Waals surface area contributed by atoms with Crippen LogP contribution in [0.5, 0.6) is 0 Å². The molecule has 13 rings (SSSR count). The van der Waals surface area contributed by atoms with Crippen molar-refractivity contribution < 1.29 is 0 Å². The van der Waals surface area contributed by atoms with E-state index in [0.717, 1.165) is 112 Å². The van der Waals surface area contributed by atoms with Gasteiger partial charge in [-0.25, -0.2) is 0 Å². The number of nitrogens with zero attached hydrogens (tertiary/aromatic N) is 6. The second kappa shape index (κ2) is 20.4. The van der Waals surface area contributed by atoms with Crippen molar-refractivity contribution in [3.05, 3.63) is 302 Å². The largest absolute Gasteiger partial charge is 0.311 e. The SMILES string of the molecule is N#Cc1ccc(-n2c(-c3ccc(N(c4ccccc4)c4ccccc4)cc3)c(-c3ccccc3)c3cc4c(cc32)c(-c2ccccc2)c(-c2ccc(N(c3ccccc3)c3ccccc3)cc2)n4-c2ccc(C#N)cc2)cc1. The third kappa shape index (κ3) is 8.52. The summed E-state index contributed by atoms with van der Waals surface area (Å²) in [5, 5.41) is 22.2. The van der Waals surface area contributed by atoms with E-state index in [1.54, 1.807) is 0 Å². The van der Waals surface area contributed by atoms with Crippen molar-refractivity contribution >= 4 is 55.9 Å². The summed E-state index contributed by atoms with van der Waals surface area (Å²) >= 11 is 0. The number of rotatable bonds is 12. The van der Waals surface area contributed by atoms with Gasteiger partial charge in [-0.3, -0.25) is 0 Å². The summed E-state index contributed by atoms with van der Waals surface area (Å²) in [7, 11) is 0. The molecule has 0 radical (unpaired) electrons. The minimum Gasteiger partial charge on any atom is -0.311 e. The quantitative estimate of drug-likeness (QED) is 0.122. The van der Waals surface area contributed by atoms with Gasteiger partial charge in [0.05, 0.1) is 45.7 Å². The molecule has 6 nitrogen and oxygen atoms in total. The number of benzene rings is 11. The fourth-order valence-corrected chi connectivity index (χ4v) is 11.1. The smallest absolute Gasteiger partial charge is 0.0991 e. The molecular weight excluding hydrogens is 949 g/mol. The summed E-state index contributed by atoms with van der Waals surface area (Å²) in [6.07, 6.45) is 0. The van der Waals surface area contributed by atoms with E-state index in [4.69, 9.17) is 0 Å². The summed E-state index contributed by atoms with van der Waals surface area (Å²) in [5.41, 5.74) is 19.8. The molecule has 0 bridgehead atoms. The Balaban J connectivity index is 1.10. The maximum absolute atomic E-state index is 10.1. The highest BCUT2D eigenvalue weighted by Crippen LogP contribution is 2.50. The van der Waals surface area contributed by atoms with Gasteiger partial charge in [0.25, 0.3) is 0 Å². The Hall–Kier alpha value is -10.9. The van der Waals surface area contributed by atoms with Gasteiger partial charge in [0.2, 0.25) is 0 Å². The first-order valence-corrected chi connectivity index (χ1v) is 26.0. The highest BCUT2D eigenvalue weighted by Gasteiger charge is 2.28. The highest BCUT2D eigenvalue weighted by atomic mass is 15.1. The van der Waals surface area contributed by atoms with Crippen LogP contribution in [-0.2, 0) is 0 Å². The average Bonchev–Trinajstić information content (AvgIpc) is 4.17. The Labute approximate surface area is 453 Å². The van der Waals surface area contributed by atoms with Gasteiger partial charge in [-0.15, -0.1) is 0 Å². The topological polar surface area (TPSA) is 63.9 Å². The lowest BCUT2D eigenvalue weighted by Crippen LogP contribution is -2.09. The highest BCUT2D eigenvalue weighted by molar-refractivity contribution is 6.15. The molecule has 0 aliphatic heterocycles. The number of anilines is 6. The van der Waals surface area contributed by atoms with Crippen molar-refractivity contribution in [1.29, 1.82) is 10.5 Å². The molecule has 366 valence electrons. The Morgan fingerprint density at radius 2 is 0.538 bits per heavy atom. The van der Waals surface area contributed by atoms with Crippen LogP contribution in [0.1, 0.15) is 11.1 Å². The normalized spacial score (nSPS) is 11.1. The summed E-state index contributed by atoms with van der Waals surface area (Å²) in [5.74, 6) is 0. The molecule has 0 aliphatic rings. The van der Waals surface area contributed by atoms with Crippen LogP contribution in [-0.4, -0.2) is 9.13 Å². The second-order valence-electron chi connectivity index (χ2n) is 19.2. The molecule has 2 aromatic heterocycles. The van der Waals surface area contributed by atoms with Crippen molar-refractivity contribution in [3.8, 4) is 68.3 Å². The van der Waals surface area contributed by atoms with E-state index in [9.17, 15) is 10.5 Å². The van der Waals surface area contributed by atoms with Crippen LogP contribution in [0.3, 0.4) is 0 Å². The molecule has 0 spiro atoms. The minimum absolute atomic E-state index is 0.589. The molecule has 0 N–H and O–H groups in total. The summed E-state index contributed by atoms with van der Waals surface area (Å²) in [6.45, 7) is 0. The van der Waals surface area contributed by atoms with Gasteiger partial charge in [-0.2, -0.15) is 10.5 Å². The molecule has 0 saturated heterocycles. The van der Waals surface area contributed by atoms with Crippen molar-refractivity contribution in [1.82, 2.24) is 9.13 Å². The standard InChI is InChI=1S/C72H48N6/c73-49-51-31-39-63(40-32-51)77-67-48-66-68(47-65(67)69(53-19-7-1-8-20-53)71(77)55-35-43-61(44-36-55)75(57-23-11-3-12-24-57)58-25-13-4-14-26-58)78(64-41-33-52(50-74)34-42-64)72(70(66)54-21-9-2-10-22-54)56-37-45-62(46-38-56)76(59-27-15-5-16-28-59)60-29-17-6-18-30-60/h1-48H. The zero-order chi connectivity index (χ0) is 52.4. The van der Waals surface area contributed by atoms with Gasteiger partial charge >= 0.3 is 0 Å². The van der Waals surface area contributed by atoms with Crippen LogP contribution in [0.15, 0.2) is 291 Å². The van der Waals surface area contributed by atoms with E-state index in [1.807, 2.05) is 48.5 Å². The predicted octanol–water partition coefficient (Wildman–Crippen LogP) is 18.9. The Morgan fingerprint density at radius 1 is 0.269 bits per heavy atom. The molecule has 0 unspecified atom stereocenters. The van der Waals surface area contributed by atoms with E-state index in [1.165, 1.54) is 0 Å². The van der Waals surface area contributed by atoms with Gasteiger partial charge in [-0.05, 0) is 156 Å². The number of nitriles is 2. The lowest BCUT2D eigenvalue weighted by molar-refractivity contribution is 1.13. The van der Waals surface area contributed by atoms with Gasteiger partial charge in [-0.1, -0.05) is 158 Å². The molecule has 6 heteroatoms. The monoisotopic (exact) mass is 996 g/mol. The fraction of sp³-hybridized carbons (Fsp3) is 0. The van der Waals surface area contributed by atoms with Crippen LogP contribution < -0.4 is 9.80 Å². The first-order valence-electron chi connectivity index (χ1n) is 26.0. The maximum atomic E-state index is 10.1. The number of aromatic nitrogens is 2. The van der Waals surface area contributed by atoms with Crippen molar-refractivity contribution in [2.75, 3.05) is 9.80 Å². The molecular formula is C72H48N6. The summed E-state index contributed by atoms with van der Waals surface area (Å²) in [4.78, 5) is 4.57. The minimum atomic E-state index is 0.589. The van der Waals surface area contributed by atoms with Gasteiger partial charge in [0.15, 0.2) is 0 Å². The third-order valence-electron chi connectivity index (χ3n) is 14.5. The Morgan fingerprint density at radius 3 is 0.821 bits per heavy atom. The van der Waals surface area contributed by atoms with E-state index >= 15 is 0 Å². The third-order valence-corrected chi connectivity index (χ3v) is 14.5. The van der Waals surface area contributed by atoms with Gasteiger partial charge < -0.3 is 18.9 Å². The fourth-order valence-electron chi connectivity index (χ4n) is 11.1. The molecule has 0 aliphatic carbocycles. The molecule has 0 fully saturated rings. The lowest BCUT2D eigenvalue weighted by atomic mass is 9.96. The molecule has 0 amide bonds. The Kier molecular flexibility index (Phi) is 12.3. The molecule has 78 heavy (non-hydrogen) atoms. The van der Waals surface area contributed by atoms with Crippen LogP contribution in [0.2, 0.25) is 0 Å². The molecule has 0 saturated carbocycles. The first-order chi connectivity index (χ1) is 38.6. The van der Waals surface area contributed by atoms with Crippen molar-refractivity contribution in [3.63, 3.8) is 0 Å². The summed E-state index contributed by atoms with van der Waals surface area (Å²) < 4.78 is 4.76. The lowest BCUT2D eigenvalue weighted by Gasteiger charge is -2.25. The Bertz CT molecular complexity index is 3950. The van der Waals surface area contributed by atoms with Gasteiger partial charge in [0, 0.05) is 67.4 Å². The van der Waals surface area contributed by atoms with E-state index in [2.05, 4.69) is 274 Å². The number of para-hydroxylation sites is 4. The van der Waals surface area contributed by atoms with Crippen LogP contribution >= 0.6 is 0 Å². The van der Waals surface area contributed by atoms with E-state index in [0.29, 0.717) is 11.1 Å². The van der Waals surface area contributed by atoms with Crippen molar-refractivity contribution in [2.24, 2.45) is 0 Å². The molecule has 2 heterocycles. The van der Waals surface area contributed by atoms with Crippen LogP contribution in [0.4, 0.5) is 34.1 Å². The predicted molar refractivity (Wildman–Crippen MR) is 321 cm³/mol. The van der Waals surface area contributed by atoms with E-state index < -0.39 is 0 Å². The molecule has 11 aromatic carbocycles. The number of hydrogen-bond donors (Lipinski definition) is 0. The molecule has 13 aromatic rings.